The second kappa shape index (κ2) is 7.68. The number of amides is 1. The first-order chi connectivity index (χ1) is 11.6. The maximum Gasteiger partial charge on any atom is 0.271 e. The molecule has 6 nitrogen and oxygen atoms in total. The number of hydrogen-bond acceptors (Lipinski definition) is 5. The molecule has 1 aliphatic rings. The van der Waals surface area contributed by atoms with Gasteiger partial charge in [-0.25, -0.2) is 4.98 Å². The quantitative estimate of drug-likeness (QED) is 0.905. The fraction of sp³-hybridized carbons (Fsp3) is 0.500. The largest absolute Gasteiger partial charge is 0.379 e. The predicted octanol–water partition coefficient (Wildman–Crippen LogP) is 1.72. The van der Waals surface area contributed by atoms with Crippen molar-refractivity contribution in [3.8, 4) is 0 Å². The maximum absolute atomic E-state index is 12.4. The minimum Gasteiger partial charge on any atom is -0.379 e. The average molecular weight is 328 g/mol. The van der Waals surface area contributed by atoms with Gasteiger partial charge >= 0.3 is 0 Å². The van der Waals surface area contributed by atoms with Gasteiger partial charge in [-0.3, -0.25) is 14.7 Å². The normalized spacial score (nSPS) is 17.1. The summed E-state index contributed by atoms with van der Waals surface area (Å²) in [4.78, 5) is 23.5. The van der Waals surface area contributed by atoms with E-state index in [1.165, 1.54) is 6.20 Å². The Morgan fingerprint density at radius 3 is 2.67 bits per heavy atom. The molecule has 1 amide bonds. The minimum absolute atomic E-state index is 0.174. The summed E-state index contributed by atoms with van der Waals surface area (Å²) < 4.78 is 5.42. The number of para-hydroxylation sites is 2. The number of rotatable bonds is 5. The summed E-state index contributed by atoms with van der Waals surface area (Å²) in [7, 11) is 0. The van der Waals surface area contributed by atoms with Crippen LogP contribution in [0.5, 0.6) is 0 Å². The number of carbonyl (C=O) groups excluding carboxylic acids is 1. The van der Waals surface area contributed by atoms with Crippen LogP contribution in [0.2, 0.25) is 0 Å². The van der Waals surface area contributed by atoms with E-state index in [0.29, 0.717) is 24.2 Å². The van der Waals surface area contributed by atoms with Crippen LogP contribution in [0.25, 0.3) is 11.0 Å². The van der Waals surface area contributed by atoms with Gasteiger partial charge in [0.05, 0.1) is 30.4 Å². The third kappa shape index (κ3) is 3.88. The summed E-state index contributed by atoms with van der Waals surface area (Å²) >= 11 is 0. The zero-order valence-corrected chi connectivity index (χ0v) is 14.2. The van der Waals surface area contributed by atoms with Gasteiger partial charge in [-0.2, -0.15) is 0 Å². The number of aromatic nitrogens is 2. The molecule has 2 aromatic rings. The summed E-state index contributed by atoms with van der Waals surface area (Å²) in [5.74, 6) is 0.276. The van der Waals surface area contributed by atoms with Crippen LogP contribution in [-0.4, -0.2) is 59.7 Å². The highest BCUT2D eigenvalue weighted by Crippen LogP contribution is 2.13. The van der Waals surface area contributed by atoms with Gasteiger partial charge in [-0.1, -0.05) is 26.0 Å². The van der Waals surface area contributed by atoms with Crippen molar-refractivity contribution in [1.29, 1.82) is 0 Å². The third-order valence-corrected chi connectivity index (χ3v) is 4.44. The number of morpholine rings is 1. The molecule has 0 radical (unpaired) electrons. The second-order valence-electron chi connectivity index (χ2n) is 6.41. The summed E-state index contributed by atoms with van der Waals surface area (Å²) in [6.07, 6.45) is 1.54. The molecule has 1 fully saturated rings. The molecule has 128 valence electrons. The Balaban J connectivity index is 1.65. The highest BCUT2D eigenvalue weighted by atomic mass is 16.5. The lowest BCUT2D eigenvalue weighted by Crippen LogP contribution is -2.51. The molecular formula is C18H24N4O2. The van der Waals surface area contributed by atoms with E-state index in [0.717, 1.165) is 37.3 Å². The summed E-state index contributed by atoms with van der Waals surface area (Å²) in [5.41, 5.74) is 1.89. The van der Waals surface area contributed by atoms with Crippen LogP contribution in [0.3, 0.4) is 0 Å². The molecule has 1 N–H and O–H groups in total. The summed E-state index contributed by atoms with van der Waals surface area (Å²) in [6.45, 7) is 8.30. The average Bonchev–Trinajstić information content (AvgIpc) is 2.62. The minimum atomic E-state index is -0.174. The Hall–Kier alpha value is -2.05. The number of nitrogens with zero attached hydrogens (tertiary/aromatic N) is 3. The summed E-state index contributed by atoms with van der Waals surface area (Å²) in [6, 6.07) is 7.85. The molecule has 3 rings (SSSR count). The fourth-order valence-corrected chi connectivity index (χ4v) is 3.05. The monoisotopic (exact) mass is 328 g/mol. The maximum atomic E-state index is 12.4. The van der Waals surface area contributed by atoms with Gasteiger partial charge in [0.15, 0.2) is 0 Å². The number of nitrogens with one attached hydrogen (secondary N) is 1. The molecule has 0 aliphatic carbocycles. The van der Waals surface area contributed by atoms with E-state index in [4.69, 9.17) is 4.74 Å². The van der Waals surface area contributed by atoms with Gasteiger partial charge in [0.1, 0.15) is 5.69 Å². The van der Waals surface area contributed by atoms with Crippen LogP contribution < -0.4 is 5.32 Å². The van der Waals surface area contributed by atoms with Crippen molar-refractivity contribution >= 4 is 16.9 Å². The van der Waals surface area contributed by atoms with Gasteiger partial charge in [0.2, 0.25) is 0 Å². The first kappa shape index (κ1) is 16.8. The van der Waals surface area contributed by atoms with Gasteiger partial charge in [-0.15, -0.1) is 0 Å². The van der Waals surface area contributed by atoms with Gasteiger partial charge < -0.3 is 10.1 Å². The zero-order valence-electron chi connectivity index (χ0n) is 14.2. The van der Waals surface area contributed by atoms with E-state index in [2.05, 4.69) is 34.0 Å². The highest BCUT2D eigenvalue weighted by Gasteiger charge is 2.24. The van der Waals surface area contributed by atoms with Crippen LogP contribution in [0.15, 0.2) is 30.5 Å². The van der Waals surface area contributed by atoms with E-state index < -0.39 is 0 Å². The fourth-order valence-electron chi connectivity index (χ4n) is 3.05. The van der Waals surface area contributed by atoms with Gasteiger partial charge in [-0.05, 0) is 18.1 Å². The van der Waals surface area contributed by atoms with E-state index in [9.17, 15) is 4.79 Å². The number of carbonyl (C=O) groups is 1. The number of hydrogen-bond donors (Lipinski definition) is 1. The molecule has 1 unspecified atom stereocenters. The lowest BCUT2D eigenvalue weighted by Gasteiger charge is -2.36. The Morgan fingerprint density at radius 1 is 1.25 bits per heavy atom. The molecule has 1 atom stereocenters. The lowest BCUT2D eigenvalue weighted by molar-refractivity contribution is 0.00671. The van der Waals surface area contributed by atoms with Crippen LogP contribution in [0.1, 0.15) is 24.3 Å². The van der Waals surface area contributed by atoms with E-state index in [1.807, 2.05) is 24.3 Å². The van der Waals surface area contributed by atoms with Crippen molar-refractivity contribution in [1.82, 2.24) is 20.2 Å². The predicted molar refractivity (Wildman–Crippen MR) is 92.9 cm³/mol. The number of fused-ring (bicyclic) bond motifs is 1. The third-order valence-electron chi connectivity index (χ3n) is 4.44. The highest BCUT2D eigenvalue weighted by molar-refractivity contribution is 5.93. The molecule has 1 aromatic heterocycles. The van der Waals surface area contributed by atoms with Crippen molar-refractivity contribution in [2.24, 2.45) is 5.92 Å². The van der Waals surface area contributed by atoms with Crippen molar-refractivity contribution in [3.63, 3.8) is 0 Å². The standard InChI is InChI=1S/C18H24N4O2/c1-13(2)17(22-7-9-24-10-8-22)12-20-18(23)16-11-19-14-5-3-4-6-15(14)21-16/h3-6,11,13,17H,7-10,12H2,1-2H3,(H,20,23). The van der Waals surface area contributed by atoms with Crippen LogP contribution in [0, 0.1) is 5.92 Å². The van der Waals surface area contributed by atoms with Crippen molar-refractivity contribution in [2.45, 2.75) is 19.9 Å². The smallest absolute Gasteiger partial charge is 0.271 e. The van der Waals surface area contributed by atoms with Crippen LogP contribution >= 0.6 is 0 Å². The Bertz CT molecular complexity index is 698. The Morgan fingerprint density at radius 2 is 1.96 bits per heavy atom. The number of benzene rings is 1. The SMILES string of the molecule is CC(C)C(CNC(=O)c1cnc2ccccc2n1)N1CCOCC1. The molecule has 0 bridgehead atoms. The molecule has 1 aliphatic heterocycles. The molecule has 2 heterocycles. The molecule has 0 spiro atoms. The lowest BCUT2D eigenvalue weighted by atomic mass is 10.0. The van der Waals surface area contributed by atoms with Crippen LogP contribution in [0.4, 0.5) is 0 Å². The molecule has 1 saturated heterocycles. The first-order valence-corrected chi connectivity index (χ1v) is 8.47. The van der Waals surface area contributed by atoms with Gasteiger partial charge in [0.25, 0.3) is 5.91 Å². The Labute approximate surface area is 142 Å². The second-order valence-corrected chi connectivity index (χ2v) is 6.41. The topological polar surface area (TPSA) is 67.4 Å². The van der Waals surface area contributed by atoms with E-state index in [-0.39, 0.29) is 5.91 Å². The number of ether oxygens (including phenoxy) is 1. The summed E-state index contributed by atoms with van der Waals surface area (Å²) in [5, 5.41) is 3.02. The van der Waals surface area contributed by atoms with Crippen LogP contribution in [-0.2, 0) is 4.74 Å². The zero-order chi connectivity index (χ0) is 16.9. The van der Waals surface area contributed by atoms with Crippen molar-refractivity contribution < 1.29 is 9.53 Å². The van der Waals surface area contributed by atoms with E-state index >= 15 is 0 Å². The molecule has 1 aromatic carbocycles. The first-order valence-electron chi connectivity index (χ1n) is 8.47. The molecule has 6 heteroatoms. The molecular weight excluding hydrogens is 304 g/mol. The molecule has 24 heavy (non-hydrogen) atoms. The molecule has 0 saturated carbocycles. The Kier molecular flexibility index (Phi) is 5.37. The van der Waals surface area contributed by atoms with Gasteiger partial charge in [0, 0.05) is 25.7 Å². The van der Waals surface area contributed by atoms with Crippen molar-refractivity contribution in [3.05, 3.63) is 36.2 Å². The van der Waals surface area contributed by atoms with Crippen molar-refractivity contribution in [2.75, 3.05) is 32.8 Å². The van der Waals surface area contributed by atoms with E-state index in [1.54, 1.807) is 0 Å².